The molecule has 0 bridgehead atoms. The van der Waals surface area contributed by atoms with Gasteiger partial charge < -0.3 is 9.47 Å². The number of benzene rings is 2. The summed E-state index contributed by atoms with van der Waals surface area (Å²) in [5.41, 5.74) is 2.93. The number of rotatable bonds is 6. The normalized spacial score (nSPS) is 13.6. The van der Waals surface area contributed by atoms with Crippen LogP contribution in [0.4, 0.5) is 0 Å². The van der Waals surface area contributed by atoms with Gasteiger partial charge in [0.15, 0.2) is 9.84 Å². The Morgan fingerprint density at radius 1 is 1.09 bits per heavy atom. The highest BCUT2D eigenvalue weighted by atomic mass is 35.5. The first-order valence-corrected chi connectivity index (χ1v) is 13.1. The second kappa shape index (κ2) is 8.35. The summed E-state index contributed by atoms with van der Waals surface area (Å²) in [6.45, 7) is 1.50. The smallest absolute Gasteiger partial charge is 0.224 e. The van der Waals surface area contributed by atoms with Crippen molar-refractivity contribution in [2.75, 3.05) is 0 Å². The molecule has 164 valence electrons. The van der Waals surface area contributed by atoms with Crippen molar-refractivity contribution in [1.82, 2.24) is 14.5 Å². The summed E-state index contributed by atoms with van der Waals surface area (Å²) < 4.78 is 27.6. The lowest BCUT2D eigenvalue weighted by Crippen LogP contribution is -2.26. The molecule has 32 heavy (non-hydrogen) atoms. The second-order valence-corrected chi connectivity index (χ2v) is 11.2. The third kappa shape index (κ3) is 4.18. The summed E-state index contributed by atoms with van der Waals surface area (Å²) in [4.78, 5) is 19.0. The quantitative estimate of drug-likeness (QED) is 0.398. The molecule has 4 aromatic rings. The topological polar surface area (TPSA) is 72.3 Å². The standard InChI is InChI=1S/C23H20ClN3O3S2/c24-19-2-4-21-16(11-19)5-8-26(21)9-6-23(28)27-13-17-1-3-20(12-18(17)14-27)32(29,30)15-22-25-7-10-31-22/h1-5,7-8,10-12H,6,9,13-15H2. The third-order valence-corrected chi connectivity index (χ3v) is 8.53. The van der Waals surface area contributed by atoms with Gasteiger partial charge in [0.2, 0.25) is 5.91 Å². The molecule has 0 aliphatic carbocycles. The molecular weight excluding hydrogens is 466 g/mol. The van der Waals surface area contributed by atoms with Gasteiger partial charge >= 0.3 is 0 Å². The van der Waals surface area contributed by atoms with Crippen LogP contribution in [0.25, 0.3) is 10.9 Å². The van der Waals surface area contributed by atoms with E-state index in [4.69, 9.17) is 11.6 Å². The number of carbonyl (C=O) groups excluding carboxylic acids is 1. The van der Waals surface area contributed by atoms with E-state index in [1.165, 1.54) is 11.3 Å². The lowest BCUT2D eigenvalue weighted by Gasteiger charge is -2.16. The Balaban J connectivity index is 1.26. The van der Waals surface area contributed by atoms with Crippen LogP contribution in [0.3, 0.4) is 0 Å². The highest BCUT2D eigenvalue weighted by molar-refractivity contribution is 7.90. The fourth-order valence-corrected chi connectivity index (χ4v) is 6.53. The minimum absolute atomic E-state index is 0.0456. The number of thiazole rings is 1. The van der Waals surface area contributed by atoms with Crippen molar-refractivity contribution in [3.8, 4) is 0 Å². The summed E-state index contributed by atoms with van der Waals surface area (Å²) in [6, 6.07) is 12.9. The molecule has 0 unspecified atom stereocenters. The van der Waals surface area contributed by atoms with Crippen molar-refractivity contribution < 1.29 is 13.2 Å². The van der Waals surface area contributed by atoms with E-state index in [0.29, 0.717) is 36.1 Å². The van der Waals surface area contributed by atoms with Crippen LogP contribution in [-0.2, 0) is 40.0 Å². The maximum Gasteiger partial charge on any atom is 0.224 e. The van der Waals surface area contributed by atoms with Crippen LogP contribution < -0.4 is 0 Å². The Hall–Kier alpha value is -2.68. The predicted octanol–water partition coefficient (Wildman–Crippen LogP) is 4.66. The van der Waals surface area contributed by atoms with Gasteiger partial charge in [-0.25, -0.2) is 13.4 Å². The fraction of sp³-hybridized carbons (Fsp3) is 0.217. The number of aryl methyl sites for hydroxylation is 1. The van der Waals surface area contributed by atoms with Crippen LogP contribution in [0.5, 0.6) is 0 Å². The molecule has 0 radical (unpaired) electrons. The number of aromatic nitrogens is 2. The van der Waals surface area contributed by atoms with Crippen LogP contribution in [0.15, 0.2) is 65.1 Å². The van der Waals surface area contributed by atoms with Crippen LogP contribution >= 0.6 is 22.9 Å². The number of carbonyl (C=O) groups is 1. The Bertz CT molecular complexity index is 1410. The van der Waals surface area contributed by atoms with E-state index in [0.717, 1.165) is 22.0 Å². The van der Waals surface area contributed by atoms with E-state index in [1.54, 1.807) is 28.6 Å². The number of halogens is 1. The van der Waals surface area contributed by atoms with E-state index in [9.17, 15) is 13.2 Å². The molecule has 0 saturated heterocycles. The highest BCUT2D eigenvalue weighted by Crippen LogP contribution is 2.28. The summed E-state index contributed by atoms with van der Waals surface area (Å²) in [5.74, 6) is -0.0634. The summed E-state index contributed by atoms with van der Waals surface area (Å²) in [5, 5.41) is 4.07. The molecule has 9 heteroatoms. The summed E-state index contributed by atoms with van der Waals surface area (Å²) in [6.07, 6.45) is 3.94. The van der Waals surface area contributed by atoms with Crippen LogP contribution in [0.1, 0.15) is 22.6 Å². The van der Waals surface area contributed by atoms with Gasteiger partial charge in [-0.2, -0.15) is 0 Å². The Kier molecular flexibility index (Phi) is 5.53. The maximum atomic E-state index is 12.9. The predicted molar refractivity (Wildman–Crippen MR) is 125 cm³/mol. The van der Waals surface area contributed by atoms with Crippen LogP contribution in [-0.4, -0.2) is 28.8 Å². The van der Waals surface area contributed by atoms with Crippen molar-refractivity contribution in [3.63, 3.8) is 0 Å². The van der Waals surface area contributed by atoms with E-state index in [1.807, 2.05) is 36.5 Å². The van der Waals surface area contributed by atoms with E-state index in [2.05, 4.69) is 9.55 Å². The Morgan fingerprint density at radius 2 is 1.94 bits per heavy atom. The molecule has 1 aliphatic rings. The molecular formula is C23H20ClN3O3S2. The van der Waals surface area contributed by atoms with Gasteiger partial charge in [0, 0.05) is 59.8 Å². The summed E-state index contributed by atoms with van der Waals surface area (Å²) >= 11 is 7.38. The highest BCUT2D eigenvalue weighted by Gasteiger charge is 2.26. The monoisotopic (exact) mass is 485 g/mol. The zero-order valence-corrected chi connectivity index (χ0v) is 19.5. The molecule has 2 aromatic heterocycles. The molecule has 1 aliphatic heterocycles. The zero-order valence-electron chi connectivity index (χ0n) is 17.1. The fourth-order valence-electron chi connectivity index (χ4n) is 4.05. The summed E-state index contributed by atoms with van der Waals surface area (Å²) in [7, 11) is -3.47. The maximum absolute atomic E-state index is 12.9. The molecule has 0 N–H and O–H groups in total. The molecule has 6 nitrogen and oxygen atoms in total. The van der Waals surface area contributed by atoms with E-state index < -0.39 is 9.84 Å². The SMILES string of the molecule is O=C(CCn1ccc2cc(Cl)ccc21)N1Cc2ccc(S(=O)(=O)Cc3nccs3)cc2C1. The van der Waals surface area contributed by atoms with E-state index in [-0.39, 0.29) is 16.6 Å². The third-order valence-electron chi connectivity index (χ3n) is 5.71. The second-order valence-electron chi connectivity index (χ2n) is 7.83. The lowest BCUT2D eigenvalue weighted by molar-refractivity contribution is -0.132. The minimum Gasteiger partial charge on any atom is -0.347 e. The molecule has 0 fully saturated rings. The van der Waals surface area contributed by atoms with Crippen molar-refractivity contribution in [1.29, 1.82) is 0 Å². The molecule has 3 heterocycles. The van der Waals surface area contributed by atoms with Crippen molar-refractivity contribution >= 4 is 49.6 Å². The largest absolute Gasteiger partial charge is 0.347 e. The van der Waals surface area contributed by atoms with Crippen LogP contribution in [0.2, 0.25) is 5.02 Å². The van der Waals surface area contributed by atoms with Gasteiger partial charge in [0.05, 0.1) is 4.90 Å². The molecule has 0 atom stereocenters. The van der Waals surface area contributed by atoms with Crippen LogP contribution in [0, 0.1) is 0 Å². The average molecular weight is 486 g/mol. The van der Waals surface area contributed by atoms with Crippen molar-refractivity contribution in [2.45, 2.75) is 36.7 Å². The number of nitrogens with zero attached hydrogens (tertiary/aromatic N) is 3. The first-order chi connectivity index (χ1) is 15.4. The van der Waals surface area contributed by atoms with Gasteiger partial charge in [-0.1, -0.05) is 17.7 Å². The van der Waals surface area contributed by atoms with E-state index >= 15 is 0 Å². The van der Waals surface area contributed by atoms with Crippen molar-refractivity contribution in [3.05, 3.63) is 81.4 Å². The Morgan fingerprint density at radius 3 is 2.75 bits per heavy atom. The minimum atomic E-state index is -3.47. The molecule has 2 aromatic carbocycles. The molecule has 5 rings (SSSR count). The number of amides is 1. The van der Waals surface area contributed by atoms with Gasteiger partial charge in [-0.3, -0.25) is 4.79 Å². The number of fused-ring (bicyclic) bond motifs is 2. The first kappa shape index (κ1) is 21.2. The number of sulfone groups is 1. The van der Waals surface area contributed by atoms with Gasteiger partial charge in [-0.05, 0) is 47.5 Å². The molecule has 1 amide bonds. The Labute approximate surface area is 195 Å². The zero-order chi connectivity index (χ0) is 22.3. The van der Waals surface area contributed by atoms with Gasteiger partial charge in [-0.15, -0.1) is 11.3 Å². The molecule has 0 spiro atoms. The average Bonchev–Trinajstić information content (AvgIpc) is 3.50. The number of hydrogen-bond acceptors (Lipinski definition) is 5. The lowest BCUT2D eigenvalue weighted by atomic mass is 10.1. The molecule has 0 saturated carbocycles. The first-order valence-electron chi connectivity index (χ1n) is 10.1. The van der Waals surface area contributed by atoms with Crippen molar-refractivity contribution in [2.24, 2.45) is 0 Å². The van der Waals surface area contributed by atoms with Gasteiger partial charge in [0.1, 0.15) is 10.8 Å². The number of hydrogen-bond donors (Lipinski definition) is 0. The van der Waals surface area contributed by atoms with Gasteiger partial charge in [0.25, 0.3) is 0 Å².